The molecular formula is C29H38F5N5O2. The Morgan fingerprint density at radius 1 is 1.27 bits per heavy atom. The number of carbonyl (C=O) groups is 1. The van der Waals surface area contributed by atoms with Crippen molar-refractivity contribution in [2.24, 2.45) is 10.9 Å². The quantitative estimate of drug-likeness (QED) is 0.222. The van der Waals surface area contributed by atoms with Gasteiger partial charge in [0.1, 0.15) is 17.3 Å². The maximum Gasteiger partial charge on any atom is 0.417 e. The van der Waals surface area contributed by atoms with Gasteiger partial charge in [-0.15, -0.1) is 0 Å². The van der Waals surface area contributed by atoms with Crippen LogP contribution in [0.4, 0.5) is 22.0 Å². The van der Waals surface area contributed by atoms with Crippen LogP contribution in [-0.4, -0.2) is 68.1 Å². The summed E-state index contributed by atoms with van der Waals surface area (Å²) in [5, 5.41) is 14.5. The van der Waals surface area contributed by atoms with Gasteiger partial charge in [-0.05, 0) is 49.5 Å². The van der Waals surface area contributed by atoms with E-state index in [2.05, 4.69) is 15.6 Å². The topological polar surface area (TPSA) is 89.8 Å². The molecule has 1 saturated heterocycles. The number of allylic oxidation sites excluding steroid dienone is 3. The molecular weight excluding hydrogens is 545 g/mol. The zero-order valence-corrected chi connectivity index (χ0v) is 24.1. The van der Waals surface area contributed by atoms with Gasteiger partial charge in [0.15, 0.2) is 0 Å². The summed E-state index contributed by atoms with van der Waals surface area (Å²) < 4.78 is 74.2. The number of ether oxygens (including phenoxy) is 1. The molecule has 0 spiro atoms. The maximum absolute atomic E-state index is 14.7. The van der Waals surface area contributed by atoms with Crippen molar-refractivity contribution >= 4 is 23.4 Å². The molecule has 0 radical (unpaired) electrons. The third kappa shape index (κ3) is 8.89. The van der Waals surface area contributed by atoms with Gasteiger partial charge in [-0.3, -0.25) is 10.2 Å². The predicted molar refractivity (Wildman–Crippen MR) is 151 cm³/mol. The molecule has 41 heavy (non-hydrogen) atoms. The summed E-state index contributed by atoms with van der Waals surface area (Å²) in [7, 11) is 3.09. The van der Waals surface area contributed by atoms with E-state index in [-0.39, 0.29) is 17.9 Å². The Hall–Kier alpha value is -3.70. The Morgan fingerprint density at radius 3 is 2.41 bits per heavy atom. The van der Waals surface area contributed by atoms with Gasteiger partial charge in [0.25, 0.3) is 11.8 Å². The van der Waals surface area contributed by atoms with Crippen molar-refractivity contribution in [3.8, 4) is 5.75 Å². The fourth-order valence-electron chi connectivity index (χ4n) is 4.47. The molecule has 1 aromatic carbocycles. The van der Waals surface area contributed by atoms with Crippen LogP contribution < -0.4 is 15.4 Å². The third-order valence-electron chi connectivity index (χ3n) is 6.90. The summed E-state index contributed by atoms with van der Waals surface area (Å²) in [4.78, 5) is 18.6. The third-order valence-corrected chi connectivity index (χ3v) is 6.90. The summed E-state index contributed by atoms with van der Waals surface area (Å²) in [5.41, 5.74) is -0.0593. The largest absolute Gasteiger partial charge is 0.497 e. The molecule has 1 aliphatic rings. The number of nitrogens with zero attached hydrogens (tertiary/aromatic N) is 2. The van der Waals surface area contributed by atoms with Crippen molar-refractivity contribution in [3.05, 3.63) is 59.1 Å². The van der Waals surface area contributed by atoms with Gasteiger partial charge in [-0.2, -0.15) is 13.2 Å². The van der Waals surface area contributed by atoms with E-state index >= 15 is 0 Å². The number of halogens is 5. The summed E-state index contributed by atoms with van der Waals surface area (Å²) in [6, 6.07) is 5.83. The first-order chi connectivity index (χ1) is 19.2. The minimum atomic E-state index is -4.58. The predicted octanol–water partition coefficient (Wildman–Crippen LogP) is 5.96. The number of benzene rings is 1. The zero-order valence-electron chi connectivity index (χ0n) is 24.1. The van der Waals surface area contributed by atoms with Crippen LogP contribution in [0.15, 0.2) is 58.5 Å². The SMILES string of the molecule is C\C=C(/C=N\C(NCC1C(C)CC(F)(F)CN1C(=O)C(=N)/C(=C\NC)c1ccc(OC)cc1)=C(\C)CC)C(F)(F)F. The second-order valence-electron chi connectivity index (χ2n) is 9.85. The molecule has 1 aliphatic heterocycles. The lowest BCUT2D eigenvalue weighted by Gasteiger charge is -2.43. The minimum Gasteiger partial charge on any atom is -0.497 e. The van der Waals surface area contributed by atoms with Crippen molar-refractivity contribution < 1.29 is 31.5 Å². The number of alkyl halides is 5. The van der Waals surface area contributed by atoms with E-state index in [0.29, 0.717) is 29.5 Å². The molecule has 3 N–H and O–H groups in total. The Labute approximate surface area is 237 Å². The lowest BCUT2D eigenvalue weighted by molar-refractivity contribution is -0.145. The van der Waals surface area contributed by atoms with Crippen LogP contribution in [-0.2, 0) is 4.79 Å². The number of amides is 1. The van der Waals surface area contributed by atoms with Crippen LogP contribution in [0.1, 0.15) is 46.1 Å². The van der Waals surface area contributed by atoms with Gasteiger partial charge >= 0.3 is 6.18 Å². The molecule has 1 amide bonds. The van der Waals surface area contributed by atoms with Gasteiger partial charge in [-0.1, -0.05) is 32.1 Å². The van der Waals surface area contributed by atoms with Crippen molar-refractivity contribution in [3.63, 3.8) is 0 Å². The maximum atomic E-state index is 14.7. The normalized spacial score (nSPS) is 20.5. The van der Waals surface area contributed by atoms with Crippen molar-refractivity contribution in [1.29, 1.82) is 5.41 Å². The molecule has 1 fully saturated rings. The van der Waals surface area contributed by atoms with Crippen LogP contribution in [0.2, 0.25) is 0 Å². The number of rotatable bonds is 11. The molecule has 2 unspecified atom stereocenters. The lowest BCUT2D eigenvalue weighted by atomic mass is 9.87. The van der Waals surface area contributed by atoms with Crippen LogP contribution in [0.3, 0.4) is 0 Å². The average Bonchev–Trinajstić information content (AvgIpc) is 2.91. The summed E-state index contributed by atoms with van der Waals surface area (Å²) >= 11 is 0. The monoisotopic (exact) mass is 583 g/mol. The van der Waals surface area contributed by atoms with Crippen molar-refractivity contribution in [2.75, 3.05) is 27.2 Å². The molecule has 226 valence electrons. The zero-order chi connectivity index (χ0) is 31.0. The molecule has 12 heteroatoms. The Kier molecular flexibility index (Phi) is 11.7. The van der Waals surface area contributed by atoms with E-state index in [1.807, 2.05) is 6.92 Å². The van der Waals surface area contributed by atoms with Gasteiger partial charge in [0.05, 0.1) is 25.3 Å². The van der Waals surface area contributed by atoms with E-state index in [1.165, 1.54) is 20.2 Å². The fraction of sp³-hybridized carbons (Fsp3) is 0.483. The Balaban J connectivity index is 2.39. The van der Waals surface area contributed by atoms with Crippen LogP contribution >= 0.6 is 0 Å². The first-order valence-corrected chi connectivity index (χ1v) is 13.2. The second kappa shape index (κ2) is 14.3. The molecule has 0 saturated carbocycles. The van der Waals surface area contributed by atoms with Gasteiger partial charge in [-0.25, -0.2) is 13.8 Å². The molecule has 7 nitrogen and oxygen atoms in total. The highest BCUT2D eigenvalue weighted by atomic mass is 19.4. The molecule has 2 rings (SSSR count). The summed E-state index contributed by atoms with van der Waals surface area (Å²) in [6.07, 6.45) is -1.54. The number of nitrogens with one attached hydrogen (secondary N) is 3. The fourth-order valence-corrected chi connectivity index (χ4v) is 4.47. The Morgan fingerprint density at radius 2 is 1.90 bits per heavy atom. The van der Waals surface area contributed by atoms with E-state index in [9.17, 15) is 26.7 Å². The van der Waals surface area contributed by atoms with Crippen molar-refractivity contribution in [2.45, 2.75) is 58.7 Å². The van der Waals surface area contributed by atoms with E-state index in [0.717, 1.165) is 11.0 Å². The number of likely N-dealkylation sites (tertiary alicyclic amines) is 1. The average molecular weight is 584 g/mol. The number of hydrogen-bond acceptors (Lipinski definition) is 6. The smallest absolute Gasteiger partial charge is 0.417 e. The molecule has 0 bridgehead atoms. The molecule has 1 heterocycles. The highest BCUT2D eigenvalue weighted by molar-refractivity contribution is 6.54. The standard InChI is InChI=1S/C29H38F5N5O2/c1-7-18(3)26(37-14-21(8-2)29(32,33)34)38-16-24-19(4)13-28(30,31)17-39(24)27(40)25(35)23(15-36-5)20-9-11-22(41-6)12-10-20/h8-12,14-15,19,24,35-36,38H,7,13,16-17H2,1-6H3/b21-8+,23-15-,26-18+,35-25?,37-14-. The number of hydrogen-bond donors (Lipinski definition) is 3. The van der Waals surface area contributed by atoms with Crippen molar-refractivity contribution in [1.82, 2.24) is 15.5 Å². The van der Waals surface area contributed by atoms with Gasteiger partial charge in [0.2, 0.25) is 0 Å². The number of aliphatic imine (C=N–C) groups is 1. The minimum absolute atomic E-state index is 0.0505. The highest BCUT2D eigenvalue weighted by Gasteiger charge is 2.46. The first-order valence-electron chi connectivity index (χ1n) is 13.2. The molecule has 1 aromatic rings. The lowest BCUT2D eigenvalue weighted by Crippen LogP contribution is -2.59. The first kappa shape index (κ1) is 33.5. The van der Waals surface area contributed by atoms with Gasteiger partial charge < -0.3 is 20.3 Å². The molecule has 0 aromatic heterocycles. The van der Waals surface area contributed by atoms with Gasteiger partial charge in [0, 0.05) is 38.0 Å². The summed E-state index contributed by atoms with van der Waals surface area (Å²) in [5.74, 6) is -4.03. The second-order valence-corrected chi connectivity index (χ2v) is 9.85. The number of carbonyl (C=O) groups excluding carboxylic acids is 1. The number of piperidine rings is 1. The molecule has 0 aliphatic carbocycles. The van der Waals surface area contributed by atoms with E-state index in [4.69, 9.17) is 10.1 Å². The Bertz CT molecular complexity index is 1200. The molecule has 2 atom stereocenters. The van der Waals surface area contributed by atoms with Crippen LogP contribution in [0.5, 0.6) is 5.75 Å². The van der Waals surface area contributed by atoms with E-state index in [1.54, 1.807) is 45.2 Å². The summed E-state index contributed by atoms with van der Waals surface area (Å²) in [6.45, 7) is 5.39. The van der Waals surface area contributed by atoms with Crippen LogP contribution in [0, 0.1) is 11.3 Å². The highest BCUT2D eigenvalue weighted by Crippen LogP contribution is 2.35. The van der Waals surface area contributed by atoms with Crippen LogP contribution in [0.25, 0.3) is 5.57 Å². The van der Waals surface area contributed by atoms with E-state index < -0.39 is 54.2 Å². The number of methoxy groups -OCH3 is 1.